The second-order valence-corrected chi connectivity index (χ2v) is 27.8. The molecule has 13 rings (SSSR count). The van der Waals surface area contributed by atoms with Crippen molar-refractivity contribution in [3.63, 3.8) is 0 Å². The molecular formula is C82H103B2Br3ClMgN3O8. The quantitative estimate of drug-likeness (QED) is 0.0361. The second-order valence-electron chi connectivity index (χ2n) is 25.1. The minimum Gasteiger partial charge on any atom is -1.00 e. The van der Waals surface area contributed by atoms with Gasteiger partial charge in [-0.15, -0.1) is 0 Å². The van der Waals surface area contributed by atoms with Gasteiger partial charge in [0, 0.05) is 50.5 Å². The first-order chi connectivity index (χ1) is 45.1. The number of aliphatic hydroxyl groups is 2. The molecule has 9 aromatic carbocycles. The maximum Gasteiger partial charge on any atom is 2.00 e. The predicted molar refractivity (Wildman–Crippen MR) is 427 cm³/mol. The van der Waals surface area contributed by atoms with Gasteiger partial charge in [-0.1, -0.05) is 228 Å². The Bertz CT molecular complexity index is 3880. The molecule has 18 heteroatoms. The second kappa shape index (κ2) is 43.7. The molecule has 4 N–H and O–H groups in total. The number of piperidine rings is 2. The molecule has 100 heavy (non-hydrogen) atoms. The third-order valence-electron chi connectivity index (χ3n) is 18.3. The van der Waals surface area contributed by atoms with Gasteiger partial charge in [0.05, 0.1) is 18.6 Å². The number of halogens is 4. The topological polar surface area (TPSA) is 151 Å². The van der Waals surface area contributed by atoms with E-state index in [1.54, 1.807) is 20.7 Å². The number of carbonyl (C=O) groups is 3. The van der Waals surface area contributed by atoms with Crippen molar-refractivity contribution in [2.24, 2.45) is 11.8 Å². The van der Waals surface area contributed by atoms with Crippen molar-refractivity contribution in [1.82, 2.24) is 14.7 Å². The molecule has 0 bridgehead atoms. The Morgan fingerprint density at radius 2 is 1.02 bits per heavy atom. The Kier molecular flexibility index (Phi) is 39.6. The van der Waals surface area contributed by atoms with Crippen molar-refractivity contribution < 1.29 is 51.9 Å². The molecule has 1 amide bonds. The van der Waals surface area contributed by atoms with Crippen LogP contribution in [0.15, 0.2) is 214 Å². The molecule has 0 radical (unpaired) electrons. The van der Waals surface area contributed by atoms with Crippen LogP contribution in [0.3, 0.4) is 0 Å². The fraction of sp³-hybridized carbons (Fsp3) is 0.341. The maximum atomic E-state index is 12.8. The van der Waals surface area contributed by atoms with E-state index >= 15 is 0 Å². The Morgan fingerprint density at radius 1 is 0.580 bits per heavy atom. The van der Waals surface area contributed by atoms with Crippen LogP contribution in [0.2, 0.25) is 13.6 Å². The summed E-state index contributed by atoms with van der Waals surface area (Å²) in [7, 11) is 2.14. The number of rotatable bonds is 9. The minimum atomic E-state index is -1.12. The van der Waals surface area contributed by atoms with Crippen LogP contribution in [-0.2, 0) is 33.7 Å². The van der Waals surface area contributed by atoms with Crippen LogP contribution < -0.4 is 12.4 Å². The van der Waals surface area contributed by atoms with Crippen molar-refractivity contribution in [2.75, 3.05) is 40.3 Å². The summed E-state index contributed by atoms with van der Waals surface area (Å²) in [6.07, 6.45) is 9.51. The maximum absolute atomic E-state index is 12.8. The average Bonchev–Trinajstić information content (AvgIpc) is 0.785. The zero-order valence-electron chi connectivity index (χ0n) is 57.2. The monoisotopic (exact) mass is 1580 g/mol. The standard InChI is InChI=1S/C19H16O.C18H22BNO2.C11H13BrO.C11H9Br.C10H9BrO.C9H19BN2O3.3CH4.CH3.ClH.Mg/c20-19(16-10-4-1-5-11-16,17-12-6-2-7-13-17)18-14-8-3-9-15-18;1-13-5-3-6-14-8-9-15(11-17(13)14)18(21)16-7-4-10-20(12-16)19(2)22;1-11(13)6-2-3-8-4-5-9(12)7-10(8)11;1-8-3-2-4-9-5-6-10(12)7-11(8)9;11-8-5-4-7-2-1-3-10(12)9(7)6-8;1-10(14)12-6-4-5-8(7-12)9(13)11(2)15-3;;;;;;/h1-15,20H;3,5-6,8-9,11,16,22H,4,7,10,12H2,1-2H3;4-5,7,13H,2-3,6H2,1H3;2-7H,1H3;4-6H,1-3H2;8,14H,4-7H2,1-3H3;3*1H4;1H3;1H;/q;;;;;;;;;-1;;+2/p-1. The summed E-state index contributed by atoms with van der Waals surface area (Å²) in [6, 6.07) is 66.4. The zero-order valence-corrected chi connectivity index (χ0v) is 64.2. The smallest absolute Gasteiger partial charge is 1.00 e. The average molecular weight is 1580 g/mol. The van der Waals surface area contributed by atoms with Crippen molar-refractivity contribution in [3.8, 4) is 0 Å². The van der Waals surface area contributed by atoms with Crippen molar-refractivity contribution >= 4 is 124 Å². The molecule has 0 saturated carbocycles. The number of amides is 1. The fourth-order valence-electron chi connectivity index (χ4n) is 12.8. The predicted octanol–water partition coefficient (Wildman–Crippen LogP) is 15.8. The van der Waals surface area contributed by atoms with Gasteiger partial charge < -0.3 is 49.7 Å². The molecular weight excluding hydrogens is 1480 g/mol. The zero-order chi connectivity index (χ0) is 67.5. The molecule has 9 aromatic rings. The van der Waals surface area contributed by atoms with E-state index in [2.05, 4.69) is 116 Å². The first-order valence-electron chi connectivity index (χ1n) is 32.6. The number of ketones is 2. The van der Waals surface area contributed by atoms with Crippen LogP contribution in [0.5, 0.6) is 0 Å². The van der Waals surface area contributed by atoms with E-state index in [9.17, 15) is 34.6 Å². The van der Waals surface area contributed by atoms with E-state index in [1.165, 1.54) is 50.6 Å². The number of hydrogen-bond donors (Lipinski definition) is 4. The van der Waals surface area contributed by atoms with Crippen LogP contribution in [-0.4, -0.2) is 130 Å². The van der Waals surface area contributed by atoms with Gasteiger partial charge >= 0.3 is 37.2 Å². The van der Waals surface area contributed by atoms with Crippen LogP contribution in [0.1, 0.15) is 146 Å². The number of nitrogens with zero attached hydrogens (tertiary/aromatic N) is 3. The molecule has 2 heterocycles. The van der Waals surface area contributed by atoms with Crippen molar-refractivity contribution in [2.45, 2.75) is 132 Å². The molecule has 2 aliphatic carbocycles. The summed E-state index contributed by atoms with van der Waals surface area (Å²) < 4.78 is 3.19. The van der Waals surface area contributed by atoms with Crippen LogP contribution in [0.25, 0.3) is 21.5 Å². The van der Waals surface area contributed by atoms with Gasteiger partial charge in [0.15, 0.2) is 11.6 Å². The van der Waals surface area contributed by atoms with Crippen molar-refractivity contribution in [3.05, 3.63) is 277 Å². The Labute approximate surface area is 646 Å². The van der Waals surface area contributed by atoms with E-state index in [1.807, 2.05) is 162 Å². The summed E-state index contributed by atoms with van der Waals surface area (Å²) in [5.41, 5.74) is 8.68. The molecule has 2 saturated heterocycles. The Hall–Kier alpha value is -5.34. The Balaban J connectivity index is 0.000000409. The Morgan fingerprint density at radius 3 is 1.53 bits per heavy atom. The number of benzene rings is 9. The molecule has 3 atom stereocenters. The molecule has 2 fully saturated rings. The number of aryl methyl sites for hydroxylation is 4. The summed E-state index contributed by atoms with van der Waals surface area (Å²) in [5.74, 6) is 0.416. The van der Waals surface area contributed by atoms with Gasteiger partial charge in [0.2, 0.25) is 5.91 Å². The van der Waals surface area contributed by atoms with Gasteiger partial charge in [-0.3, -0.25) is 19.2 Å². The van der Waals surface area contributed by atoms with Crippen molar-refractivity contribution in [1.29, 1.82) is 0 Å². The third kappa shape index (κ3) is 24.7. The van der Waals surface area contributed by atoms with E-state index in [0.717, 1.165) is 123 Å². The molecule has 0 spiro atoms. The SMILES string of the molecule is C.C.C.CB(O)N1CCCC(C(=O)c2ccc3cccc(C)c3c2)C1.CC1(O)CCCc2ccc(Br)cc21.CON(C)C(=O)C1CCCN(B(C)O)C1.Cc1cccc2ccc(Br)cc12.O=C1CCCc2ccc(Br)cc21.OC(c1ccccc1)(c1ccccc1)c1ccccc1.[CH3-].[Cl-].[Mg+2]. The largest absolute Gasteiger partial charge is 2.00 e. The number of Topliss-reactive ketones (excluding diaryl/α,β-unsaturated/α-hetero) is 2. The summed E-state index contributed by atoms with van der Waals surface area (Å²) in [5, 5.41) is 46.9. The number of carbonyl (C=O) groups excluding carboxylic acids is 3. The first-order valence-corrected chi connectivity index (χ1v) is 35.0. The number of hydrogen-bond acceptors (Lipinski definition) is 10. The fourth-order valence-corrected chi connectivity index (χ4v) is 13.9. The third-order valence-corrected chi connectivity index (χ3v) is 19.8. The molecule has 2 aliphatic heterocycles. The van der Waals surface area contributed by atoms with Gasteiger partial charge in [-0.05, 0) is 220 Å². The van der Waals surface area contributed by atoms with E-state index < -0.39 is 25.3 Å². The van der Waals surface area contributed by atoms with E-state index in [-0.39, 0.29) is 94.5 Å². The minimum absolute atomic E-state index is 0. The molecule has 3 unspecified atom stereocenters. The van der Waals surface area contributed by atoms with E-state index in [0.29, 0.717) is 19.5 Å². The normalized spacial score (nSPS) is 16.6. The van der Waals surface area contributed by atoms with E-state index in [4.69, 9.17) is 4.84 Å². The molecule has 530 valence electrons. The van der Waals surface area contributed by atoms with Gasteiger partial charge in [-0.25, -0.2) is 5.06 Å². The summed E-state index contributed by atoms with van der Waals surface area (Å²) in [6.45, 7) is 12.6. The van der Waals surface area contributed by atoms with Crippen LogP contribution in [0.4, 0.5) is 0 Å². The summed E-state index contributed by atoms with van der Waals surface area (Å²) >= 11 is 10.3. The molecule has 11 nitrogen and oxygen atoms in total. The first kappa shape index (κ1) is 90.7. The summed E-state index contributed by atoms with van der Waals surface area (Å²) in [4.78, 5) is 44.8. The van der Waals surface area contributed by atoms with Crippen LogP contribution >= 0.6 is 47.8 Å². The number of fused-ring (bicyclic) bond motifs is 4. The molecule has 4 aliphatic rings. The van der Waals surface area contributed by atoms with Crippen LogP contribution in [0, 0.1) is 33.1 Å². The molecule has 0 aromatic heterocycles. The van der Waals surface area contributed by atoms with Gasteiger partial charge in [0.1, 0.15) is 5.60 Å². The number of hydroxylamine groups is 2. The van der Waals surface area contributed by atoms with Gasteiger partial charge in [-0.2, -0.15) is 0 Å². The van der Waals surface area contributed by atoms with Gasteiger partial charge in [0.25, 0.3) is 0 Å².